The Labute approximate surface area is 199 Å². The maximum absolute atomic E-state index is 13.2. The zero-order valence-electron chi connectivity index (χ0n) is 19.2. The third kappa shape index (κ3) is 4.82. The Bertz CT molecular complexity index is 1340. The van der Waals surface area contributed by atoms with E-state index < -0.39 is 17.7 Å². The van der Waals surface area contributed by atoms with Gasteiger partial charge >= 0.3 is 5.97 Å². The molecule has 0 radical (unpaired) electrons. The molecule has 0 aliphatic heterocycles. The van der Waals surface area contributed by atoms with Gasteiger partial charge in [-0.25, -0.2) is 14.2 Å². The smallest absolute Gasteiger partial charge is 0.350 e. The van der Waals surface area contributed by atoms with Gasteiger partial charge in [-0.05, 0) is 57.3 Å². The molecule has 0 aliphatic rings. The summed E-state index contributed by atoms with van der Waals surface area (Å²) in [5.74, 6) is -1.46. The summed E-state index contributed by atoms with van der Waals surface area (Å²) >= 11 is 1.15. The minimum atomic E-state index is -0.568. The Kier molecular flexibility index (Phi) is 6.71. The summed E-state index contributed by atoms with van der Waals surface area (Å²) in [6, 6.07) is 8.88. The summed E-state index contributed by atoms with van der Waals surface area (Å²) in [6.45, 7) is 5.27. The van der Waals surface area contributed by atoms with Gasteiger partial charge in [-0.15, -0.1) is 11.3 Å². The molecule has 0 bridgehead atoms. The third-order valence-electron chi connectivity index (χ3n) is 5.47. The van der Waals surface area contributed by atoms with Crippen LogP contribution in [0.15, 0.2) is 36.4 Å². The molecule has 3 aromatic heterocycles. The van der Waals surface area contributed by atoms with Crippen LogP contribution in [0.4, 0.5) is 10.1 Å². The molecule has 0 unspecified atom stereocenters. The van der Waals surface area contributed by atoms with Crippen LogP contribution in [-0.2, 0) is 17.8 Å². The lowest BCUT2D eigenvalue weighted by Crippen LogP contribution is -2.18. The van der Waals surface area contributed by atoms with Gasteiger partial charge in [0.1, 0.15) is 15.5 Å². The number of ether oxygens (including phenoxy) is 1. The largest absolute Gasteiger partial charge is 0.465 e. The van der Waals surface area contributed by atoms with E-state index in [-0.39, 0.29) is 10.4 Å². The summed E-state index contributed by atoms with van der Waals surface area (Å²) < 4.78 is 18.1. The van der Waals surface area contributed by atoms with Crippen LogP contribution in [0.25, 0.3) is 10.2 Å². The predicted molar refractivity (Wildman–Crippen MR) is 129 cm³/mol. The number of hydrogen-bond acceptors (Lipinski definition) is 7. The summed E-state index contributed by atoms with van der Waals surface area (Å²) in [5.41, 5.74) is 4.58. The third-order valence-corrected chi connectivity index (χ3v) is 6.55. The molecule has 1 amide bonds. The molecule has 0 spiro atoms. The number of hydrogen-bond donors (Lipinski definition) is 2. The molecule has 1 aromatic carbocycles. The normalized spacial score (nSPS) is 11.2. The molecule has 0 saturated carbocycles. The van der Waals surface area contributed by atoms with Gasteiger partial charge in [-0.1, -0.05) is 0 Å². The molecule has 4 rings (SSSR count). The molecule has 0 aliphatic carbocycles. The Morgan fingerprint density at radius 1 is 1.15 bits per heavy atom. The quantitative estimate of drug-likeness (QED) is 0.379. The molecule has 4 aromatic rings. The molecule has 3 heterocycles. The minimum absolute atomic E-state index is 0.246. The van der Waals surface area contributed by atoms with E-state index in [4.69, 9.17) is 9.72 Å². The van der Waals surface area contributed by atoms with Crippen molar-refractivity contribution in [2.45, 2.75) is 26.9 Å². The van der Waals surface area contributed by atoms with Crippen molar-refractivity contribution >= 4 is 39.1 Å². The number of fused-ring (bicyclic) bond motifs is 1. The van der Waals surface area contributed by atoms with E-state index in [0.717, 1.165) is 34.0 Å². The van der Waals surface area contributed by atoms with Gasteiger partial charge in [-0.2, -0.15) is 5.10 Å². The highest BCUT2D eigenvalue weighted by molar-refractivity contribution is 7.21. The number of carbonyl (C=O) groups is 2. The second-order valence-corrected chi connectivity index (χ2v) is 9.00. The van der Waals surface area contributed by atoms with Gasteiger partial charge in [-0.3, -0.25) is 14.8 Å². The number of aromatic amines is 1. The van der Waals surface area contributed by atoms with Gasteiger partial charge < -0.3 is 10.1 Å². The molecule has 0 saturated heterocycles. The zero-order valence-corrected chi connectivity index (χ0v) is 20.0. The average Bonchev–Trinajstić information content (AvgIpc) is 3.33. The van der Waals surface area contributed by atoms with E-state index in [1.807, 2.05) is 33.0 Å². The van der Waals surface area contributed by atoms with E-state index in [9.17, 15) is 14.0 Å². The summed E-state index contributed by atoms with van der Waals surface area (Å²) in [7, 11) is 3.28. The lowest BCUT2D eigenvalue weighted by atomic mass is 10.1. The fourth-order valence-corrected chi connectivity index (χ4v) is 4.73. The number of amides is 1. The number of nitrogens with one attached hydrogen (secondary N) is 2. The molecule has 0 fully saturated rings. The van der Waals surface area contributed by atoms with Crippen molar-refractivity contribution in [3.8, 4) is 0 Å². The van der Waals surface area contributed by atoms with Crippen molar-refractivity contribution in [3.63, 3.8) is 0 Å². The first-order valence-corrected chi connectivity index (χ1v) is 11.3. The van der Waals surface area contributed by atoms with Gasteiger partial charge in [0.15, 0.2) is 0 Å². The number of methoxy groups -OCH3 is 1. The summed E-state index contributed by atoms with van der Waals surface area (Å²) in [4.78, 5) is 32.9. The Morgan fingerprint density at radius 2 is 1.88 bits per heavy atom. The van der Waals surface area contributed by atoms with Crippen LogP contribution in [0.3, 0.4) is 0 Å². The standard InChI is InChI=1S/C24H24FN5O3S/c1-13-19(14(2)29-28-13)12-30(3)11-17-9-10-18-20(21(24(32)33-4)34-23(18)26-17)27-22(31)15-5-7-16(25)8-6-15/h5-10H,11-12H2,1-4H3,(H,27,31)(H,28,29). The van der Waals surface area contributed by atoms with Crippen LogP contribution in [-0.4, -0.2) is 46.1 Å². The highest BCUT2D eigenvalue weighted by Crippen LogP contribution is 2.36. The van der Waals surface area contributed by atoms with Crippen LogP contribution < -0.4 is 5.32 Å². The number of aryl methyl sites for hydroxylation is 2. The zero-order chi connectivity index (χ0) is 24.4. The Morgan fingerprint density at radius 3 is 2.53 bits per heavy atom. The number of benzene rings is 1. The topological polar surface area (TPSA) is 100 Å². The van der Waals surface area contributed by atoms with Gasteiger partial charge in [0.25, 0.3) is 5.91 Å². The lowest BCUT2D eigenvalue weighted by molar-refractivity contribution is 0.0607. The maximum atomic E-state index is 13.2. The summed E-state index contributed by atoms with van der Waals surface area (Å²) in [5, 5.41) is 10.6. The fraction of sp³-hybridized carbons (Fsp3) is 0.250. The first kappa shape index (κ1) is 23.5. The number of anilines is 1. The van der Waals surface area contributed by atoms with Crippen molar-refractivity contribution in [2.75, 3.05) is 19.5 Å². The van der Waals surface area contributed by atoms with Crippen molar-refractivity contribution in [3.05, 3.63) is 75.3 Å². The molecule has 34 heavy (non-hydrogen) atoms. The van der Waals surface area contributed by atoms with Crippen LogP contribution in [0.1, 0.15) is 42.7 Å². The highest BCUT2D eigenvalue weighted by Gasteiger charge is 2.22. The number of pyridine rings is 1. The first-order valence-electron chi connectivity index (χ1n) is 10.5. The molecular weight excluding hydrogens is 457 g/mol. The number of nitrogens with zero attached hydrogens (tertiary/aromatic N) is 3. The second-order valence-electron chi connectivity index (χ2n) is 8.00. The summed E-state index contributed by atoms with van der Waals surface area (Å²) in [6.07, 6.45) is 0. The number of esters is 1. The van der Waals surface area contributed by atoms with Crippen LogP contribution >= 0.6 is 11.3 Å². The van der Waals surface area contributed by atoms with Crippen molar-refractivity contribution < 1.29 is 18.7 Å². The number of H-pyrrole nitrogens is 1. The van der Waals surface area contributed by atoms with E-state index in [2.05, 4.69) is 20.4 Å². The molecule has 176 valence electrons. The Hall–Kier alpha value is -3.63. The molecule has 2 N–H and O–H groups in total. The van der Waals surface area contributed by atoms with Gasteiger partial charge in [0, 0.05) is 35.3 Å². The maximum Gasteiger partial charge on any atom is 0.350 e. The van der Waals surface area contributed by atoms with Crippen molar-refractivity contribution in [2.24, 2.45) is 0 Å². The van der Waals surface area contributed by atoms with Crippen LogP contribution in [0.2, 0.25) is 0 Å². The minimum Gasteiger partial charge on any atom is -0.465 e. The molecule has 0 atom stereocenters. The van der Waals surface area contributed by atoms with Crippen molar-refractivity contribution in [1.29, 1.82) is 0 Å². The van der Waals surface area contributed by atoms with Gasteiger partial charge in [0.2, 0.25) is 0 Å². The second kappa shape index (κ2) is 9.70. The lowest BCUT2D eigenvalue weighted by Gasteiger charge is -2.16. The SMILES string of the molecule is COC(=O)c1sc2nc(CN(C)Cc3c(C)n[nH]c3C)ccc2c1NC(=O)c1ccc(F)cc1. The fourth-order valence-electron chi connectivity index (χ4n) is 3.66. The molecule has 10 heteroatoms. The first-order chi connectivity index (χ1) is 16.3. The molecular formula is C24H24FN5O3S. The van der Waals surface area contributed by atoms with E-state index >= 15 is 0 Å². The van der Waals surface area contributed by atoms with E-state index in [0.29, 0.717) is 29.0 Å². The predicted octanol–water partition coefficient (Wildman–Crippen LogP) is 4.45. The number of rotatable bonds is 7. The Balaban J connectivity index is 1.61. The number of halogens is 1. The molecule has 8 nitrogen and oxygen atoms in total. The number of carbonyl (C=O) groups excluding carboxylic acids is 2. The number of aromatic nitrogens is 3. The average molecular weight is 482 g/mol. The van der Waals surface area contributed by atoms with Crippen LogP contribution in [0.5, 0.6) is 0 Å². The van der Waals surface area contributed by atoms with Crippen molar-refractivity contribution in [1.82, 2.24) is 20.1 Å². The monoisotopic (exact) mass is 481 g/mol. The van der Waals surface area contributed by atoms with Crippen LogP contribution in [0, 0.1) is 19.7 Å². The van der Waals surface area contributed by atoms with E-state index in [1.54, 1.807) is 0 Å². The number of thiophene rings is 1. The van der Waals surface area contributed by atoms with E-state index in [1.165, 1.54) is 31.4 Å². The van der Waals surface area contributed by atoms with Gasteiger partial charge in [0.05, 0.1) is 24.2 Å². The highest BCUT2D eigenvalue weighted by atomic mass is 32.1.